The average Bonchev–Trinajstić information content (AvgIpc) is 2.55. The van der Waals surface area contributed by atoms with Gasteiger partial charge in [-0.05, 0) is 24.3 Å². The summed E-state index contributed by atoms with van der Waals surface area (Å²) >= 11 is 0. The zero-order chi connectivity index (χ0) is 15.1. The second kappa shape index (κ2) is 7.09. The third-order valence-corrected chi connectivity index (χ3v) is 2.84. The van der Waals surface area contributed by atoms with Crippen molar-refractivity contribution in [3.63, 3.8) is 0 Å². The van der Waals surface area contributed by atoms with Crippen LogP contribution in [-0.2, 0) is 9.53 Å². The van der Waals surface area contributed by atoms with E-state index in [1.165, 1.54) is 12.0 Å². The van der Waals surface area contributed by atoms with Crippen LogP contribution in [-0.4, -0.2) is 25.7 Å². The van der Waals surface area contributed by atoms with E-state index in [9.17, 15) is 9.59 Å². The van der Waals surface area contributed by atoms with Crippen LogP contribution >= 0.6 is 0 Å². The number of para-hydroxylation sites is 2. The third kappa shape index (κ3) is 3.82. The van der Waals surface area contributed by atoms with Crippen LogP contribution in [0.1, 0.15) is 0 Å². The van der Waals surface area contributed by atoms with Gasteiger partial charge in [-0.2, -0.15) is 0 Å². The topological polar surface area (TPSA) is 58.6 Å². The normalized spacial score (nSPS) is 9.76. The van der Waals surface area contributed by atoms with Crippen LogP contribution < -0.4 is 10.2 Å². The maximum absolute atomic E-state index is 12.4. The number of urea groups is 1. The lowest BCUT2D eigenvalue weighted by atomic mass is 10.2. The third-order valence-electron chi connectivity index (χ3n) is 2.84. The van der Waals surface area contributed by atoms with Crippen molar-refractivity contribution in [2.24, 2.45) is 0 Å². The monoisotopic (exact) mass is 284 g/mol. The quantitative estimate of drug-likeness (QED) is 0.878. The number of benzene rings is 2. The van der Waals surface area contributed by atoms with Crippen molar-refractivity contribution >= 4 is 23.4 Å². The van der Waals surface area contributed by atoms with E-state index >= 15 is 0 Å². The molecule has 0 spiro atoms. The molecule has 2 aromatic carbocycles. The molecule has 0 atom stereocenters. The SMILES string of the molecule is COC(=O)CNC(=O)N(c1ccccc1)c1ccccc1. The summed E-state index contributed by atoms with van der Waals surface area (Å²) in [6, 6.07) is 18.0. The van der Waals surface area contributed by atoms with Gasteiger partial charge in [0.05, 0.1) is 18.5 Å². The molecule has 0 aliphatic carbocycles. The number of carbonyl (C=O) groups excluding carboxylic acids is 2. The zero-order valence-electron chi connectivity index (χ0n) is 11.7. The van der Waals surface area contributed by atoms with E-state index in [0.29, 0.717) is 11.4 Å². The molecular weight excluding hydrogens is 268 g/mol. The zero-order valence-corrected chi connectivity index (χ0v) is 11.7. The van der Waals surface area contributed by atoms with E-state index < -0.39 is 12.0 Å². The number of amides is 2. The fraction of sp³-hybridized carbons (Fsp3) is 0.125. The summed E-state index contributed by atoms with van der Waals surface area (Å²) in [5, 5.41) is 2.54. The highest BCUT2D eigenvalue weighted by molar-refractivity contribution is 6.00. The Morgan fingerprint density at radius 3 is 1.86 bits per heavy atom. The maximum Gasteiger partial charge on any atom is 0.326 e. The average molecular weight is 284 g/mol. The van der Waals surface area contributed by atoms with Gasteiger partial charge in [0.15, 0.2) is 0 Å². The smallest absolute Gasteiger partial charge is 0.326 e. The molecule has 2 aromatic rings. The fourth-order valence-corrected chi connectivity index (χ4v) is 1.84. The van der Waals surface area contributed by atoms with E-state index in [4.69, 9.17) is 0 Å². The number of rotatable bonds is 4. The summed E-state index contributed by atoms with van der Waals surface area (Å²) in [5.74, 6) is -0.496. The number of nitrogens with zero attached hydrogens (tertiary/aromatic N) is 1. The second-order valence-electron chi connectivity index (χ2n) is 4.24. The minimum atomic E-state index is -0.496. The first kappa shape index (κ1) is 14.6. The summed E-state index contributed by atoms with van der Waals surface area (Å²) < 4.78 is 4.52. The van der Waals surface area contributed by atoms with Crippen LogP contribution in [0, 0.1) is 0 Å². The Kier molecular flexibility index (Phi) is 4.93. The van der Waals surface area contributed by atoms with Gasteiger partial charge in [0.25, 0.3) is 0 Å². The minimum Gasteiger partial charge on any atom is -0.468 e. The molecule has 0 bridgehead atoms. The summed E-state index contributed by atoms with van der Waals surface area (Å²) in [6.45, 7) is -0.175. The largest absolute Gasteiger partial charge is 0.468 e. The van der Waals surface area contributed by atoms with Gasteiger partial charge in [0.1, 0.15) is 6.54 Å². The maximum atomic E-state index is 12.4. The van der Waals surface area contributed by atoms with Crippen molar-refractivity contribution in [2.75, 3.05) is 18.6 Å². The Morgan fingerprint density at radius 2 is 1.43 bits per heavy atom. The van der Waals surface area contributed by atoms with E-state index in [1.807, 2.05) is 60.7 Å². The standard InChI is InChI=1S/C16H16N2O3/c1-21-15(19)12-17-16(20)18(13-8-4-2-5-9-13)14-10-6-3-7-11-14/h2-11H,12H2,1H3,(H,17,20). The molecule has 21 heavy (non-hydrogen) atoms. The number of ether oxygens (including phenoxy) is 1. The molecule has 0 heterocycles. The van der Waals surface area contributed by atoms with Gasteiger partial charge in [0.2, 0.25) is 0 Å². The molecule has 0 fully saturated rings. The van der Waals surface area contributed by atoms with Gasteiger partial charge < -0.3 is 10.1 Å². The molecule has 1 N–H and O–H groups in total. The fourth-order valence-electron chi connectivity index (χ4n) is 1.84. The number of nitrogens with one attached hydrogen (secondary N) is 1. The van der Waals surface area contributed by atoms with Gasteiger partial charge in [-0.1, -0.05) is 36.4 Å². The first-order chi connectivity index (χ1) is 10.2. The van der Waals surface area contributed by atoms with Crippen LogP contribution in [0.3, 0.4) is 0 Å². The van der Waals surface area contributed by atoms with E-state index in [0.717, 1.165) is 0 Å². The van der Waals surface area contributed by atoms with Crippen LogP contribution in [0.5, 0.6) is 0 Å². The van der Waals surface area contributed by atoms with Crippen LogP contribution in [0.2, 0.25) is 0 Å². The summed E-state index contributed by atoms with van der Waals surface area (Å²) in [7, 11) is 1.28. The van der Waals surface area contributed by atoms with Crippen LogP contribution in [0.25, 0.3) is 0 Å². The Labute approximate surface area is 123 Å². The molecule has 0 aliphatic heterocycles. The molecule has 5 nitrogen and oxygen atoms in total. The summed E-state index contributed by atoms with van der Waals surface area (Å²) in [5.41, 5.74) is 1.43. The number of anilines is 2. The lowest BCUT2D eigenvalue weighted by molar-refractivity contribution is -0.139. The Hall–Kier alpha value is -2.82. The van der Waals surface area contributed by atoms with E-state index in [-0.39, 0.29) is 6.54 Å². The van der Waals surface area contributed by atoms with Crippen molar-refractivity contribution in [3.05, 3.63) is 60.7 Å². The Balaban J connectivity index is 2.25. The predicted molar refractivity (Wildman–Crippen MR) is 80.4 cm³/mol. The highest BCUT2D eigenvalue weighted by Crippen LogP contribution is 2.24. The molecule has 0 aliphatic rings. The van der Waals surface area contributed by atoms with Gasteiger partial charge in [-0.15, -0.1) is 0 Å². The lowest BCUT2D eigenvalue weighted by Gasteiger charge is -2.23. The van der Waals surface area contributed by atoms with Gasteiger partial charge >= 0.3 is 12.0 Å². The summed E-state index contributed by atoms with van der Waals surface area (Å²) in [6.07, 6.45) is 0. The van der Waals surface area contributed by atoms with Crippen molar-refractivity contribution in [3.8, 4) is 0 Å². The van der Waals surface area contributed by atoms with Gasteiger partial charge in [0, 0.05) is 0 Å². The second-order valence-corrected chi connectivity index (χ2v) is 4.24. The van der Waals surface area contributed by atoms with Crippen molar-refractivity contribution in [1.82, 2.24) is 5.32 Å². The van der Waals surface area contributed by atoms with Crippen molar-refractivity contribution < 1.29 is 14.3 Å². The van der Waals surface area contributed by atoms with Crippen molar-refractivity contribution in [2.45, 2.75) is 0 Å². The Morgan fingerprint density at radius 1 is 0.952 bits per heavy atom. The van der Waals surface area contributed by atoms with E-state index in [2.05, 4.69) is 10.1 Å². The number of hydrogen-bond acceptors (Lipinski definition) is 3. The molecule has 5 heteroatoms. The summed E-state index contributed by atoms with van der Waals surface area (Å²) in [4.78, 5) is 25.0. The first-order valence-electron chi connectivity index (χ1n) is 6.47. The molecule has 0 saturated heterocycles. The highest BCUT2D eigenvalue weighted by atomic mass is 16.5. The minimum absolute atomic E-state index is 0.175. The van der Waals surface area contributed by atoms with Crippen LogP contribution in [0.4, 0.5) is 16.2 Å². The molecule has 0 unspecified atom stereocenters. The lowest BCUT2D eigenvalue weighted by Crippen LogP contribution is -2.39. The van der Waals surface area contributed by atoms with Crippen molar-refractivity contribution in [1.29, 1.82) is 0 Å². The molecule has 0 saturated carbocycles. The van der Waals surface area contributed by atoms with Crippen LogP contribution in [0.15, 0.2) is 60.7 Å². The van der Waals surface area contributed by atoms with Gasteiger partial charge in [-0.3, -0.25) is 9.69 Å². The molecule has 0 radical (unpaired) electrons. The number of carbonyl (C=O) groups is 2. The molecule has 2 amide bonds. The number of hydrogen-bond donors (Lipinski definition) is 1. The van der Waals surface area contributed by atoms with E-state index in [1.54, 1.807) is 0 Å². The molecule has 108 valence electrons. The highest BCUT2D eigenvalue weighted by Gasteiger charge is 2.18. The molecule has 0 aromatic heterocycles. The molecule has 2 rings (SSSR count). The number of methoxy groups -OCH3 is 1. The first-order valence-corrected chi connectivity index (χ1v) is 6.47. The Bertz CT molecular complexity index is 560. The van der Waals surface area contributed by atoms with Gasteiger partial charge in [-0.25, -0.2) is 4.79 Å². The number of esters is 1. The predicted octanol–water partition coefficient (Wildman–Crippen LogP) is 2.71. The molecular formula is C16H16N2O3.